The first-order valence-corrected chi connectivity index (χ1v) is 3.49. The molecule has 3 unspecified atom stereocenters. The molecule has 0 amide bonds. The van der Waals surface area contributed by atoms with Crippen molar-refractivity contribution in [3.63, 3.8) is 0 Å². The molecule has 1 aromatic rings. The summed E-state index contributed by atoms with van der Waals surface area (Å²) in [7, 11) is 2.69. The lowest BCUT2D eigenvalue weighted by molar-refractivity contribution is 1.42. The fourth-order valence-electron chi connectivity index (χ4n) is 0.614. The van der Waals surface area contributed by atoms with Gasteiger partial charge in [0.25, 0.3) is 0 Å². The fourth-order valence-corrected chi connectivity index (χ4v) is 0.886. The molecule has 0 heterocycles. The third-order valence-electron chi connectivity index (χ3n) is 1.08. The molecule has 0 N–H and O–H groups in total. The third-order valence-corrected chi connectivity index (χ3v) is 1.55. The molecule has 6 heteroatoms. The molecule has 0 aliphatic rings. The van der Waals surface area contributed by atoms with Crippen LogP contribution in [0, 0.1) is 0 Å². The van der Waals surface area contributed by atoms with E-state index >= 15 is 0 Å². The van der Waals surface area contributed by atoms with E-state index in [0.29, 0.717) is 0 Å². The number of halogens is 3. The minimum atomic E-state index is 0. The molecule has 3 atom stereocenters. The lowest BCUT2D eigenvalue weighted by Crippen LogP contribution is -1.70. The van der Waals surface area contributed by atoms with Gasteiger partial charge in [0.1, 0.15) is 0 Å². The highest BCUT2D eigenvalue weighted by atomic mass is 35.5. The lowest BCUT2D eigenvalue weighted by Gasteiger charge is -1.89. The molecule has 1 aromatic carbocycles. The first kappa shape index (κ1) is 29.3. The third kappa shape index (κ3) is 13.4. The highest BCUT2D eigenvalue weighted by Crippen LogP contribution is 2.02. The number of benzene rings is 1. The second-order valence-electron chi connectivity index (χ2n) is 1.69. The van der Waals surface area contributed by atoms with Gasteiger partial charge in [0, 0.05) is 0 Å². The van der Waals surface area contributed by atoms with Crippen LogP contribution in [-0.2, 0) is 6.16 Å². The summed E-state index contributed by atoms with van der Waals surface area (Å²) in [5.41, 5.74) is 1.37. The topological polar surface area (TPSA) is 0 Å². The van der Waals surface area contributed by atoms with Crippen molar-refractivity contribution in [2.75, 3.05) is 0 Å². The summed E-state index contributed by atoms with van der Waals surface area (Å²) in [5, 5.41) is 0. The highest BCUT2D eigenvalue weighted by molar-refractivity contribution is 7.15. The predicted molar refractivity (Wildman–Crippen MR) is 83.8 cm³/mol. The number of hydrogen-bond acceptors (Lipinski definition) is 0. The van der Waals surface area contributed by atoms with E-state index in [1.165, 1.54) is 5.56 Å². The number of hydrogen-bond donors (Lipinski definition) is 0. The Kier molecular flexibility index (Phi) is 42.8. The van der Waals surface area contributed by atoms with E-state index in [-0.39, 0.29) is 57.0 Å². The maximum Gasteiger partial charge on any atom is -0.0128 e. The van der Waals surface area contributed by atoms with Gasteiger partial charge in [-0.05, 0) is 11.7 Å². The maximum absolute atomic E-state index is 2.69. The fraction of sp³-hybridized carbons (Fsp3) is 0.143. The van der Waals surface area contributed by atoms with Crippen LogP contribution >= 0.6 is 66.3 Å². The molecule has 0 bridgehead atoms. The van der Waals surface area contributed by atoms with Gasteiger partial charge in [-0.15, -0.1) is 46.5 Å². The lowest BCUT2D eigenvalue weighted by atomic mass is 10.2. The first-order chi connectivity index (χ1) is 3.93. The van der Waals surface area contributed by atoms with Gasteiger partial charge in [-0.1, -0.05) is 30.3 Å². The Balaban J connectivity index is -0.0000000427. The van der Waals surface area contributed by atoms with Crippen molar-refractivity contribution in [3.8, 4) is 0 Å². The highest BCUT2D eigenvalue weighted by Gasteiger charge is 1.80. The molecule has 0 aliphatic heterocycles. The SMILES string of the molecule is Cl.Cl.Cl.P.P.PCc1ccccc1. The molecule has 0 nitrogen and oxygen atoms in total. The van der Waals surface area contributed by atoms with Gasteiger partial charge < -0.3 is 0 Å². The van der Waals surface area contributed by atoms with Crippen LogP contribution in [0.5, 0.6) is 0 Å². The summed E-state index contributed by atoms with van der Waals surface area (Å²) in [6.45, 7) is 0. The van der Waals surface area contributed by atoms with Gasteiger partial charge in [-0.3, -0.25) is 0 Å². The van der Waals surface area contributed by atoms with Gasteiger partial charge in [-0.2, -0.15) is 19.8 Å². The molecule has 0 aliphatic carbocycles. The Morgan fingerprint density at radius 1 is 0.846 bits per heavy atom. The minimum Gasteiger partial charge on any atom is -0.153 e. The van der Waals surface area contributed by atoms with Gasteiger partial charge in [0.2, 0.25) is 0 Å². The van der Waals surface area contributed by atoms with Crippen LogP contribution in [0.4, 0.5) is 0 Å². The summed E-state index contributed by atoms with van der Waals surface area (Å²) >= 11 is 0. The molecular weight excluding hydrogens is 283 g/mol. The van der Waals surface area contributed by atoms with E-state index in [0.717, 1.165) is 6.16 Å². The molecule has 0 saturated carbocycles. The Hall–Kier alpha value is 1.38. The number of rotatable bonds is 1. The summed E-state index contributed by atoms with van der Waals surface area (Å²) in [5.74, 6) is 0. The zero-order chi connectivity index (χ0) is 5.82. The normalized spacial score (nSPS) is 5.62. The van der Waals surface area contributed by atoms with Gasteiger partial charge in [0.15, 0.2) is 0 Å². The second-order valence-corrected chi connectivity index (χ2v) is 2.10. The molecular formula is C7H18Cl3P3. The average Bonchev–Trinajstić information content (AvgIpc) is 1.90. The Morgan fingerprint density at radius 3 is 1.46 bits per heavy atom. The van der Waals surface area contributed by atoms with Crippen LogP contribution in [0.15, 0.2) is 30.3 Å². The molecule has 13 heavy (non-hydrogen) atoms. The standard InChI is InChI=1S/C7H9P.3ClH.2H3P/c8-6-7-4-2-1-3-5-7;;;;;/h1-5H,6,8H2;3*1H;2*1H3. The average molecular weight is 302 g/mol. The summed E-state index contributed by atoms with van der Waals surface area (Å²) < 4.78 is 0. The monoisotopic (exact) mass is 300 g/mol. The van der Waals surface area contributed by atoms with Crippen molar-refractivity contribution in [1.82, 2.24) is 0 Å². The zero-order valence-corrected chi connectivity index (χ0v) is 13.7. The smallest absolute Gasteiger partial charge is 0.0128 e. The Bertz CT molecular complexity index is 160. The van der Waals surface area contributed by atoms with Crippen LogP contribution in [0.25, 0.3) is 0 Å². The van der Waals surface area contributed by atoms with Crippen LogP contribution in [0.2, 0.25) is 0 Å². The van der Waals surface area contributed by atoms with E-state index in [4.69, 9.17) is 0 Å². The van der Waals surface area contributed by atoms with E-state index in [2.05, 4.69) is 33.5 Å². The molecule has 1 rings (SSSR count). The predicted octanol–water partition coefficient (Wildman–Crippen LogP) is 3.44. The molecule has 0 spiro atoms. The molecule has 82 valence electrons. The molecule has 0 aromatic heterocycles. The van der Waals surface area contributed by atoms with Crippen molar-refractivity contribution in [3.05, 3.63) is 35.9 Å². The summed E-state index contributed by atoms with van der Waals surface area (Å²) in [6.07, 6.45) is 1.06. The Morgan fingerprint density at radius 2 is 1.23 bits per heavy atom. The van der Waals surface area contributed by atoms with Crippen molar-refractivity contribution in [2.24, 2.45) is 0 Å². The van der Waals surface area contributed by atoms with E-state index in [1.54, 1.807) is 0 Å². The summed E-state index contributed by atoms with van der Waals surface area (Å²) in [6, 6.07) is 10.4. The van der Waals surface area contributed by atoms with Crippen molar-refractivity contribution >= 4 is 66.3 Å². The zero-order valence-electron chi connectivity index (χ0n) is 7.31. The quantitative estimate of drug-likeness (QED) is 0.697. The van der Waals surface area contributed by atoms with Crippen LogP contribution in [0.3, 0.4) is 0 Å². The maximum atomic E-state index is 2.69. The van der Waals surface area contributed by atoms with Crippen LogP contribution in [-0.4, -0.2) is 0 Å². The van der Waals surface area contributed by atoms with E-state index in [1.807, 2.05) is 6.07 Å². The van der Waals surface area contributed by atoms with Gasteiger partial charge in [0.05, 0.1) is 0 Å². The first-order valence-electron chi connectivity index (χ1n) is 2.67. The van der Waals surface area contributed by atoms with Crippen molar-refractivity contribution < 1.29 is 0 Å². The largest absolute Gasteiger partial charge is 0.153 e. The second kappa shape index (κ2) is 19.0. The van der Waals surface area contributed by atoms with E-state index < -0.39 is 0 Å². The molecule has 0 radical (unpaired) electrons. The molecule has 0 saturated heterocycles. The van der Waals surface area contributed by atoms with Crippen LogP contribution in [0.1, 0.15) is 5.56 Å². The van der Waals surface area contributed by atoms with Crippen molar-refractivity contribution in [1.29, 1.82) is 0 Å². The van der Waals surface area contributed by atoms with Gasteiger partial charge in [-0.25, -0.2) is 0 Å². The van der Waals surface area contributed by atoms with Gasteiger partial charge >= 0.3 is 0 Å². The van der Waals surface area contributed by atoms with Crippen LogP contribution < -0.4 is 0 Å². The molecule has 0 fully saturated rings. The van der Waals surface area contributed by atoms with E-state index in [9.17, 15) is 0 Å². The summed E-state index contributed by atoms with van der Waals surface area (Å²) in [4.78, 5) is 0. The van der Waals surface area contributed by atoms with Crippen molar-refractivity contribution in [2.45, 2.75) is 6.16 Å². The minimum absolute atomic E-state index is 0. The Labute approximate surface area is 108 Å².